The van der Waals surface area contributed by atoms with Crippen LogP contribution in [0.1, 0.15) is 29.5 Å². The zero-order valence-corrected chi connectivity index (χ0v) is 10.4. The minimum atomic E-state index is -1.17. The van der Waals surface area contributed by atoms with Crippen molar-refractivity contribution < 1.29 is 23.9 Å². The molecule has 2 rings (SSSR count). The van der Waals surface area contributed by atoms with Crippen molar-refractivity contribution in [3.05, 3.63) is 23.7 Å². The predicted molar refractivity (Wildman–Crippen MR) is 63.3 cm³/mol. The smallest absolute Gasteiger partial charge is 0.372 e. The molecule has 2 N–H and O–H groups in total. The molecule has 19 heavy (non-hydrogen) atoms. The zero-order valence-electron chi connectivity index (χ0n) is 10.4. The van der Waals surface area contributed by atoms with Gasteiger partial charge in [-0.15, -0.1) is 0 Å². The fourth-order valence-electron chi connectivity index (χ4n) is 2.20. The van der Waals surface area contributed by atoms with Crippen LogP contribution in [0.25, 0.3) is 0 Å². The number of furan rings is 1. The lowest BCUT2D eigenvalue weighted by atomic mass is 10.1. The first-order chi connectivity index (χ1) is 9.02. The Kier molecular flexibility index (Phi) is 3.66. The molecule has 0 radical (unpaired) electrons. The summed E-state index contributed by atoms with van der Waals surface area (Å²) in [6.07, 6.45) is 1.82. The number of imide groups is 1. The molecule has 1 fully saturated rings. The highest BCUT2D eigenvalue weighted by atomic mass is 16.4. The van der Waals surface area contributed by atoms with Gasteiger partial charge in [0.15, 0.2) is 0 Å². The van der Waals surface area contributed by atoms with Gasteiger partial charge in [-0.2, -0.15) is 0 Å². The second-order valence-corrected chi connectivity index (χ2v) is 4.32. The SMILES string of the molecule is CCC1C(=O)NC(=O)CN1Cc1ccoc1C(=O)O. The first kappa shape index (κ1) is 13.3. The maximum atomic E-state index is 11.7. The van der Waals surface area contributed by atoms with Gasteiger partial charge in [-0.3, -0.25) is 19.8 Å². The Morgan fingerprint density at radius 3 is 2.95 bits per heavy atom. The normalized spacial score (nSPS) is 20.4. The van der Waals surface area contributed by atoms with Crippen LogP contribution in [-0.2, 0) is 16.1 Å². The fourth-order valence-corrected chi connectivity index (χ4v) is 2.20. The molecule has 1 aromatic rings. The molecule has 1 saturated heterocycles. The van der Waals surface area contributed by atoms with E-state index < -0.39 is 12.0 Å². The van der Waals surface area contributed by atoms with Gasteiger partial charge in [-0.05, 0) is 12.5 Å². The second-order valence-electron chi connectivity index (χ2n) is 4.32. The van der Waals surface area contributed by atoms with Crippen molar-refractivity contribution in [3.63, 3.8) is 0 Å². The Balaban J connectivity index is 2.20. The number of rotatable bonds is 4. The van der Waals surface area contributed by atoms with Crippen LogP contribution in [0.3, 0.4) is 0 Å². The Morgan fingerprint density at radius 2 is 2.32 bits per heavy atom. The number of nitrogens with zero attached hydrogens (tertiary/aromatic N) is 1. The van der Waals surface area contributed by atoms with E-state index in [1.54, 1.807) is 4.90 Å². The van der Waals surface area contributed by atoms with Gasteiger partial charge >= 0.3 is 5.97 Å². The van der Waals surface area contributed by atoms with E-state index in [0.717, 1.165) is 0 Å². The van der Waals surface area contributed by atoms with Gasteiger partial charge in [-0.1, -0.05) is 6.92 Å². The molecule has 0 spiro atoms. The minimum Gasteiger partial charge on any atom is -0.475 e. The molecular formula is C12H14N2O5. The minimum absolute atomic E-state index is 0.0640. The van der Waals surface area contributed by atoms with E-state index in [-0.39, 0.29) is 30.7 Å². The molecule has 1 atom stereocenters. The molecule has 1 aromatic heterocycles. The molecule has 0 bridgehead atoms. The Labute approximate surface area is 109 Å². The third-order valence-corrected chi connectivity index (χ3v) is 3.05. The first-order valence-corrected chi connectivity index (χ1v) is 5.90. The molecule has 2 amide bonds. The maximum Gasteiger partial charge on any atom is 0.372 e. The number of amides is 2. The number of carboxylic acid groups (broad SMARTS) is 1. The number of nitrogens with one attached hydrogen (secondary N) is 1. The Hall–Kier alpha value is -2.15. The van der Waals surface area contributed by atoms with E-state index in [0.29, 0.717) is 12.0 Å². The Morgan fingerprint density at radius 1 is 1.58 bits per heavy atom. The molecule has 1 aliphatic heterocycles. The summed E-state index contributed by atoms with van der Waals surface area (Å²) < 4.78 is 4.88. The van der Waals surface area contributed by atoms with Crippen LogP contribution in [0.5, 0.6) is 0 Å². The summed E-state index contributed by atoms with van der Waals surface area (Å²) in [5.41, 5.74) is 0.452. The number of carboxylic acids is 1. The number of hydrogen-bond acceptors (Lipinski definition) is 5. The average molecular weight is 266 g/mol. The molecular weight excluding hydrogens is 252 g/mol. The van der Waals surface area contributed by atoms with Crippen molar-refractivity contribution in [3.8, 4) is 0 Å². The van der Waals surface area contributed by atoms with Gasteiger partial charge in [0.2, 0.25) is 17.6 Å². The number of aromatic carboxylic acids is 1. The Bertz CT molecular complexity index is 522. The van der Waals surface area contributed by atoms with Crippen molar-refractivity contribution in [1.29, 1.82) is 0 Å². The number of carbonyl (C=O) groups is 3. The molecule has 7 heteroatoms. The molecule has 7 nitrogen and oxygen atoms in total. The summed E-state index contributed by atoms with van der Waals surface area (Å²) in [7, 11) is 0. The molecule has 2 heterocycles. The van der Waals surface area contributed by atoms with Crippen LogP contribution in [0.4, 0.5) is 0 Å². The van der Waals surface area contributed by atoms with E-state index in [4.69, 9.17) is 9.52 Å². The van der Waals surface area contributed by atoms with Crippen LogP contribution >= 0.6 is 0 Å². The average Bonchev–Trinajstić information content (AvgIpc) is 2.76. The summed E-state index contributed by atoms with van der Waals surface area (Å²) >= 11 is 0. The van der Waals surface area contributed by atoms with E-state index >= 15 is 0 Å². The van der Waals surface area contributed by atoms with Crippen molar-refractivity contribution >= 4 is 17.8 Å². The zero-order chi connectivity index (χ0) is 14.0. The number of piperazine rings is 1. The van der Waals surface area contributed by atoms with Crippen LogP contribution in [0, 0.1) is 0 Å². The van der Waals surface area contributed by atoms with Gasteiger partial charge in [0.1, 0.15) is 0 Å². The van der Waals surface area contributed by atoms with E-state index in [1.807, 2.05) is 6.92 Å². The number of hydrogen-bond donors (Lipinski definition) is 2. The predicted octanol–water partition coefficient (Wildman–Crippen LogP) is 0.215. The molecule has 102 valence electrons. The molecule has 0 aromatic carbocycles. The van der Waals surface area contributed by atoms with Gasteiger partial charge in [0.25, 0.3) is 0 Å². The van der Waals surface area contributed by atoms with Gasteiger partial charge in [0.05, 0.1) is 18.8 Å². The highest BCUT2D eigenvalue weighted by molar-refractivity contribution is 6.01. The molecule has 0 aliphatic carbocycles. The molecule has 0 saturated carbocycles. The van der Waals surface area contributed by atoms with E-state index in [9.17, 15) is 14.4 Å². The van der Waals surface area contributed by atoms with Crippen LogP contribution < -0.4 is 5.32 Å². The van der Waals surface area contributed by atoms with E-state index in [1.165, 1.54) is 12.3 Å². The summed E-state index contributed by atoms with van der Waals surface area (Å²) in [5.74, 6) is -2.05. The van der Waals surface area contributed by atoms with Gasteiger partial charge in [0, 0.05) is 12.1 Å². The topological polar surface area (TPSA) is 99.9 Å². The van der Waals surface area contributed by atoms with E-state index in [2.05, 4.69) is 5.32 Å². The standard InChI is InChI=1S/C12H14N2O5/c1-2-8-11(16)13-9(15)6-14(8)5-7-3-4-19-10(7)12(17)18/h3-4,8H,2,5-6H2,1H3,(H,17,18)(H,13,15,16). The monoisotopic (exact) mass is 266 g/mol. The molecule has 1 aliphatic rings. The lowest BCUT2D eigenvalue weighted by Crippen LogP contribution is -2.57. The highest BCUT2D eigenvalue weighted by Gasteiger charge is 2.33. The van der Waals surface area contributed by atoms with Crippen LogP contribution in [0.2, 0.25) is 0 Å². The first-order valence-electron chi connectivity index (χ1n) is 5.90. The largest absolute Gasteiger partial charge is 0.475 e. The lowest BCUT2D eigenvalue weighted by molar-refractivity contribution is -0.140. The molecule has 1 unspecified atom stereocenters. The summed E-state index contributed by atoms with van der Waals surface area (Å²) in [5, 5.41) is 11.2. The highest BCUT2D eigenvalue weighted by Crippen LogP contribution is 2.18. The van der Waals surface area contributed by atoms with Gasteiger partial charge < -0.3 is 9.52 Å². The van der Waals surface area contributed by atoms with Crippen molar-refractivity contribution in [2.45, 2.75) is 25.9 Å². The summed E-state index contributed by atoms with van der Waals surface area (Å²) in [6.45, 7) is 2.09. The summed E-state index contributed by atoms with van der Waals surface area (Å²) in [4.78, 5) is 35.7. The number of carbonyl (C=O) groups excluding carboxylic acids is 2. The maximum absolute atomic E-state index is 11.7. The lowest BCUT2D eigenvalue weighted by Gasteiger charge is -2.33. The van der Waals surface area contributed by atoms with Crippen molar-refractivity contribution in [1.82, 2.24) is 10.2 Å². The third kappa shape index (κ3) is 2.65. The van der Waals surface area contributed by atoms with Crippen LogP contribution in [-0.4, -0.2) is 40.4 Å². The second kappa shape index (κ2) is 5.23. The van der Waals surface area contributed by atoms with Crippen molar-refractivity contribution in [2.75, 3.05) is 6.54 Å². The van der Waals surface area contributed by atoms with Gasteiger partial charge in [-0.25, -0.2) is 4.79 Å². The fraction of sp³-hybridized carbons (Fsp3) is 0.417. The third-order valence-electron chi connectivity index (χ3n) is 3.05. The quantitative estimate of drug-likeness (QED) is 0.756. The van der Waals surface area contributed by atoms with Crippen molar-refractivity contribution in [2.24, 2.45) is 0 Å². The van der Waals surface area contributed by atoms with Crippen LogP contribution in [0.15, 0.2) is 16.7 Å². The summed E-state index contributed by atoms with van der Waals surface area (Å²) in [6, 6.07) is 1.10.